The molecule has 0 N–H and O–H groups in total. The van der Waals surface area contributed by atoms with E-state index in [1.165, 1.54) is 29.3 Å². The molecule has 1 atom stereocenters. The number of aromatic nitrogens is 2. The first-order valence-corrected chi connectivity index (χ1v) is 11.1. The lowest BCUT2D eigenvalue weighted by atomic mass is 9.72. The summed E-state index contributed by atoms with van der Waals surface area (Å²) in [5.41, 5.74) is 2.02. The molecular weight excluding hydrogens is 384 g/mol. The van der Waals surface area contributed by atoms with Gasteiger partial charge >= 0.3 is 0 Å². The number of piperazine rings is 1. The third-order valence-corrected chi connectivity index (χ3v) is 7.38. The summed E-state index contributed by atoms with van der Waals surface area (Å²) in [6.45, 7) is 9.08. The standard InChI is InChI=1S/C22H28N4O2S/c1-22(2,3)16-4-5-18-15(12-16)13-19(29-18)21(28)26-10-8-25(9-11-26)20(27)17-14-23-6-7-24-17/h6-7,13-14,16H,4-5,8-12H2,1-3H3. The highest BCUT2D eigenvalue weighted by atomic mass is 32.1. The van der Waals surface area contributed by atoms with Crippen LogP contribution in [0.4, 0.5) is 0 Å². The van der Waals surface area contributed by atoms with Crippen LogP contribution in [0.2, 0.25) is 0 Å². The minimum Gasteiger partial charge on any atom is -0.334 e. The second-order valence-corrected chi connectivity index (χ2v) is 10.2. The van der Waals surface area contributed by atoms with Gasteiger partial charge in [-0.2, -0.15) is 0 Å². The second kappa shape index (κ2) is 7.86. The van der Waals surface area contributed by atoms with Gasteiger partial charge in [-0.3, -0.25) is 14.6 Å². The molecule has 1 unspecified atom stereocenters. The van der Waals surface area contributed by atoms with Crippen molar-refractivity contribution in [1.29, 1.82) is 0 Å². The predicted octanol–water partition coefficient (Wildman–Crippen LogP) is 3.29. The third-order valence-electron chi connectivity index (χ3n) is 6.15. The quantitative estimate of drug-likeness (QED) is 0.759. The van der Waals surface area contributed by atoms with E-state index in [2.05, 4.69) is 36.8 Å². The molecule has 2 aromatic heterocycles. The van der Waals surface area contributed by atoms with E-state index in [0.717, 1.165) is 17.7 Å². The Morgan fingerprint density at radius 1 is 1.07 bits per heavy atom. The molecule has 0 spiro atoms. The van der Waals surface area contributed by atoms with Crippen molar-refractivity contribution in [3.8, 4) is 0 Å². The monoisotopic (exact) mass is 412 g/mol. The fourth-order valence-corrected chi connectivity index (χ4v) is 5.38. The molecule has 3 heterocycles. The fraction of sp³-hybridized carbons (Fsp3) is 0.545. The average Bonchev–Trinajstić information content (AvgIpc) is 3.16. The Morgan fingerprint density at radius 2 is 1.76 bits per heavy atom. The maximum atomic E-state index is 13.1. The summed E-state index contributed by atoms with van der Waals surface area (Å²) in [5, 5.41) is 0. The number of aryl methyl sites for hydroxylation is 1. The highest BCUT2D eigenvalue weighted by Crippen LogP contribution is 2.40. The lowest BCUT2D eigenvalue weighted by Gasteiger charge is -2.34. The molecule has 0 aromatic carbocycles. The molecule has 4 rings (SSSR count). The number of fused-ring (bicyclic) bond motifs is 1. The normalized spacial score (nSPS) is 19.8. The molecule has 1 aliphatic heterocycles. The summed E-state index contributed by atoms with van der Waals surface area (Å²) in [6.07, 6.45) is 7.92. The van der Waals surface area contributed by atoms with Crippen LogP contribution in [0.1, 0.15) is 57.8 Å². The topological polar surface area (TPSA) is 66.4 Å². The lowest BCUT2D eigenvalue weighted by Crippen LogP contribution is -2.50. The number of nitrogens with zero attached hydrogens (tertiary/aromatic N) is 4. The van der Waals surface area contributed by atoms with Gasteiger partial charge in [0.25, 0.3) is 11.8 Å². The summed E-state index contributed by atoms with van der Waals surface area (Å²) in [6, 6.07) is 2.12. The van der Waals surface area contributed by atoms with E-state index in [0.29, 0.717) is 43.2 Å². The summed E-state index contributed by atoms with van der Waals surface area (Å²) < 4.78 is 0. The smallest absolute Gasteiger partial charge is 0.274 e. The van der Waals surface area contributed by atoms with Crippen molar-refractivity contribution in [3.63, 3.8) is 0 Å². The Kier molecular flexibility index (Phi) is 5.42. The maximum Gasteiger partial charge on any atom is 0.274 e. The van der Waals surface area contributed by atoms with Crippen molar-refractivity contribution in [3.05, 3.63) is 45.7 Å². The van der Waals surface area contributed by atoms with E-state index in [1.807, 2.05) is 4.90 Å². The molecular formula is C22H28N4O2S. The summed E-state index contributed by atoms with van der Waals surface area (Å²) in [5.74, 6) is 0.650. The zero-order valence-electron chi connectivity index (χ0n) is 17.4. The highest BCUT2D eigenvalue weighted by molar-refractivity contribution is 7.14. The molecule has 6 nitrogen and oxygen atoms in total. The van der Waals surface area contributed by atoms with Gasteiger partial charge in [-0.25, -0.2) is 4.98 Å². The van der Waals surface area contributed by atoms with Crippen molar-refractivity contribution in [1.82, 2.24) is 19.8 Å². The number of rotatable bonds is 2. The van der Waals surface area contributed by atoms with Gasteiger partial charge in [0.2, 0.25) is 0 Å². The van der Waals surface area contributed by atoms with Gasteiger partial charge in [0.1, 0.15) is 5.69 Å². The van der Waals surface area contributed by atoms with E-state index in [9.17, 15) is 9.59 Å². The van der Waals surface area contributed by atoms with Gasteiger partial charge in [0.05, 0.1) is 11.1 Å². The van der Waals surface area contributed by atoms with Crippen LogP contribution in [-0.4, -0.2) is 57.8 Å². The van der Waals surface area contributed by atoms with Crippen LogP contribution in [0, 0.1) is 11.3 Å². The van der Waals surface area contributed by atoms with Crippen LogP contribution in [-0.2, 0) is 12.8 Å². The van der Waals surface area contributed by atoms with Gasteiger partial charge in [0, 0.05) is 43.4 Å². The Balaban J connectivity index is 1.38. The van der Waals surface area contributed by atoms with Crippen molar-refractivity contribution >= 4 is 23.2 Å². The molecule has 0 saturated carbocycles. The van der Waals surface area contributed by atoms with E-state index in [-0.39, 0.29) is 11.8 Å². The van der Waals surface area contributed by atoms with Crippen molar-refractivity contribution in [2.45, 2.75) is 40.0 Å². The summed E-state index contributed by atoms with van der Waals surface area (Å²) >= 11 is 1.66. The van der Waals surface area contributed by atoms with Crippen LogP contribution in [0.3, 0.4) is 0 Å². The average molecular weight is 413 g/mol. The minimum absolute atomic E-state index is 0.100. The second-order valence-electron chi connectivity index (χ2n) is 9.04. The van der Waals surface area contributed by atoms with Crippen LogP contribution in [0.15, 0.2) is 24.7 Å². The fourth-order valence-electron chi connectivity index (χ4n) is 4.21. The maximum absolute atomic E-state index is 13.1. The zero-order valence-corrected chi connectivity index (χ0v) is 18.2. The van der Waals surface area contributed by atoms with Gasteiger partial charge in [-0.05, 0) is 42.2 Å². The number of amides is 2. The lowest BCUT2D eigenvalue weighted by molar-refractivity contribution is 0.0534. The zero-order chi connectivity index (χ0) is 20.6. The first-order chi connectivity index (χ1) is 13.8. The molecule has 154 valence electrons. The van der Waals surface area contributed by atoms with Crippen molar-refractivity contribution in [2.24, 2.45) is 11.3 Å². The molecule has 2 aliphatic rings. The molecule has 0 bridgehead atoms. The third kappa shape index (κ3) is 4.20. The number of hydrogen-bond acceptors (Lipinski definition) is 5. The molecule has 1 aliphatic carbocycles. The van der Waals surface area contributed by atoms with Crippen LogP contribution in [0.25, 0.3) is 0 Å². The van der Waals surface area contributed by atoms with E-state index in [1.54, 1.807) is 22.4 Å². The van der Waals surface area contributed by atoms with Crippen molar-refractivity contribution in [2.75, 3.05) is 26.2 Å². The van der Waals surface area contributed by atoms with Crippen LogP contribution >= 0.6 is 11.3 Å². The molecule has 1 fully saturated rings. The van der Waals surface area contributed by atoms with Crippen molar-refractivity contribution < 1.29 is 9.59 Å². The van der Waals surface area contributed by atoms with E-state index >= 15 is 0 Å². The van der Waals surface area contributed by atoms with Gasteiger partial charge < -0.3 is 9.80 Å². The summed E-state index contributed by atoms with van der Waals surface area (Å²) in [4.78, 5) is 39.5. The molecule has 1 saturated heterocycles. The molecule has 29 heavy (non-hydrogen) atoms. The Labute approximate surface area is 176 Å². The predicted molar refractivity (Wildman–Crippen MR) is 113 cm³/mol. The number of hydrogen-bond donors (Lipinski definition) is 0. The number of carbonyl (C=O) groups is 2. The molecule has 2 aromatic rings. The Hall–Kier alpha value is -2.28. The number of thiophene rings is 1. The molecule has 7 heteroatoms. The Morgan fingerprint density at radius 3 is 2.38 bits per heavy atom. The highest BCUT2D eigenvalue weighted by Gasteiger charge is 2.32. The Bertz CT molecular complexity index is 895. The van der Waals surface area contributed by atoms with Gasteiger partial charge in [-0.15, -0.1) is 11.3 Å². The van der Waals surface area contributed by atoms with Gasteiger partial charge in [-0.1, -0.05) is 20.8 Å². The minimum atomic E-state index is -0.120. The SMILES string of the molecule is CC(C)(C)C1CCc2sc(C(=O)N3CCN(C(=O)c4cnccn4)CC3)cc2C1. The number of carbonyl (C=O) groups excluding carboxylic acids is 2. The molecule has 2 amide bonds. The summed E-state index contributed by atoms with van der Waals surface area (Å²) in [7, 11) is 0. The first-order valence-electron chi connectivity index (χ1n) is 10.3. The van der Waals surface area contributed by atoms with Crippen LogP contribution in [0.5, 0.6) is 0 Å². The van der Waals surface area contributed by atoms with E-state index < -0.39 is 0 Å². The van der Waals surface area contributed by atoms with Gasteiger partial charge in [0.15, 0.2) is 0 Å². The van der Waals surface area contributed by atoms with Crippen LogP contribution < -0.4 is 0 Å². The largest absolute Gasteiger partial charge is 0.334 e. The first kappa shape index (κ1) is 20.0. The van der Waals surface area contributed by atoms with E-state index in [4.69, 9.17) is 0 Å². The molecule has 0 radical (unpaired) electrons.